The second-order valence-electron chi connectivity index (χ2n) is 8.52. The van der Waals surface area contributed by atoms with Crippen LogP contribution >= 0.6 is 23.5 Å². The Labute approximate surface area is 230 Å². The normalized spacial score (nSPS) is 11.8. The summed E-state index contributed by atoms with van der Waals surface area (Å²) < 4.78 is 7.15. The van der Waals surface area contributed by atoms with E-state index in [1.165, 1.54) is 11.8 Å². The number of nitrogens with one attached hydrogen (secondary N) is 2. The summed E-state index contributed by atoms with van der Waals surface area (Å²) in [4.78, 5) is 25.7. The summed E-state index contributed by atoms with van der Waals surface area (Å²) in [6.45, 7) is 2.62. The first-order chi connectivity index (χ1) is 18.5. The van der Waals surface area contributed by atoms with Crippen molar-refractivity contribution in [2.75, 3.05) is 30.2 Å². The Hall–Kier alpha value is -3.50. The summed E-state index contributed by atoms with van der Waals surface area (Å²) in [7, 11) is 1.59. The van der Waals surface area contributed by atoms with Gasteiger partial charge in [-0.3, -0.25) is 9.59 Å². The molecule has 2 N–H and O–H groups in total. The van der Waals surface area contributed by atoms with Gasteiger partial charge in [-0.25, -0.2) is 0 Å². The molecule has 198 valence electrons. The third kappa shape index (κ3) is 6.87. The molecule has 0 radical (unpaired) electrons. The molecule has 0 saturated carbocycles. The van der Waals surface area contributed by atoms with Crippen molar-refractivity contribution in [3.8, 4) is 5.75 Å². The number of benzene rings is 3. The first-order valence-electron chi connectivity index (χ1n) is 12.3. The Bertz CT molecular complexity index is 1390. The molecule has 2 amide bonds. The maximum atomic E-state index is 13.0. The number of nitrogens with zero attached hydrogens (tertiary/aromatic N) is 3. The van der Waals surface area contributed by atoms with E-state index in [0.29, 0.717) is 35.3 Å². The van der Waals surface area contributed by atoms with Crippen molar-refractivity contribution in [1.29, 1.82) is 0 Å². The van der Waals surface area contributed by atoms with Gasteiger partial charge in [-0.1, -0.05) is 42.1 Å². The average molecular weight is 550 g/mol. The van der Waals surface area contributed by atoms with E-state index in [-0.39, 0.29) is 23.6 Å². The SMILES string of the molecule is CCn1c(SCC(=O)Nc2ccc3ccccc3c2)nnc1[C@H](CCSC)NC(=O)c1ccc(OC)cc1. The number of carbonyl (C=O) groups excluding carboxylic acids is 2. The van der Waals surface area contributed by atoms with Crippen LogP contribution in [0.1, 0.15) is 35.6 Å². The van der Waals surface area contributed by atoms with Crippen molar-refractivity contribution < 1.29 is 14.3 Å². The largest absolute Gasteiger partial charge is 0.497 e. The summed E-state index contributed by atoms with van der Waals surface area (Å²) in [5.74, 6) is 2.11. The Kier molecular flexibility index (Phi) is 9.67. The lowest BCUT2D eigenvalue weighted by Gasteiger charge is -2.19. The molecule has 1 atom stereocenters. The van der Waals surface area contributed by atoms with Gasteiger partial charge in [-0.15, -0.1) is 10.2 Å². The Morgan fingerprint density at radius 1 is 1.03 bits per heavy atom. The number of thioether (sulfide) groups is 2. The smallest absolute Gasteiger partial charge is 0.251 e. The molecule has 1 heterocycles. The van der Waals surface area contributed by atoms with Gasteiger partial charge >= 0.3 is 0 Å². The number of anilines is 1. The van der Waals surface area contributed by atoms with Crippen LogP contribution in [0.2, 0.25) is 0 Å². The molecule has 0 aliphatic rings. The van der Waals surface area contributed by atoms with Crippen LogP contribution in [-0.2, 0) is 11.3 Å². The zero-order chi connectivity index (χ0) is 26.9. The zero-order valence-corrected chi connectivity index (χ0v) is 23.3. The molecule has 0 saturated heterocycles. The number of ether oxygens (including phenoxy) is 1. The summed E-state index contributed by atoms with van der Waals surface area (Å²) in [5.41, 5.74) is 1.30. The van der Waals surface area contributed by atoms with Crippen LogP contribution in [0.25, 0.3) is 10.8 Å². The molecule has 10 heteroatoms. The number of hydrogen-bond acceptors (Lipinski definition) is 7. The van der Waals surface area contributed by atoms with Gasteiger partial charge in [0.25, 0.3) is 5.91 Å². The standard InChI is InChI=1S/C28H31N5O3S2/c1-4-33-26(24(15-16-37-3)30-27(35)20-10-13-23(36-2)14-11-20)31-32-28(33)38-18-25(34)29-22-12-9-19-7-5-6-8-21(19)17-22/h5-14,17,24H,4,15-16,18H2,1-3H3,(H,29,34)(H,30,35)/t24-/m0/s1. The summed E-state index contributed by atoms with van der Waals surface area (Å²) in [6, 6.07) is 20.6. The van der Waals surface area contributed by atoms with Crippen molar-refractivity contribution >= 4 is 51.8 Å². The molecule has 8 nitrogen and oxygen atoms in total. The minimum atomic E-state index is -0.315. The van der Waals surface area contributed by atoms with E-state index >= 15 is 0 Å². The highest BCUT2D eigenvalue weighted by Gasteiger charge is 2.23. The van der Waals surface area contributed by atoms with Crippen LogP contribution in [-0.4, -0.2) is 51.5 Å². The molecular formula is C28H31N5O3S2. The van der Waals surface area contributed by atoms with Gasteiger partial charge in [-0.2, -0.15) is 11.8 Å². The van der Waals surface area contributed by atoms with Crippen molar-refractivity contribution in [3.05, 3.63) is 78.1 Å². The molecule has 0 bridgehead atoms. The predicted molar refractivity (Wildman–Crippen MR) is 155 cm³/mol. The van der Waals surface area contributed by atoms with Gasteiger partial charge in [0.1, 0.15) is 5.75 Å². The van der Waals surface area contributed by atoms with E-state index < -0.39 is 0 Å². The third-order valence-electron chi connectivity index (χ3n) is 6.01. The number of fused-ring (bicyclic) bond motifs is 1. The maximum Gasteiger partial charge on any atom is 0.251 e. The minimum absolute atomic E-state index is 0.121. The van der Waals surface area contributed by atoms with Crippen LogP contribution in [0.4, 0.5) is 5.69 Å². The van der Waals surface area contributed by atoms with Crippen LogP contribution in [0.3, 0.4) is 0 Å². The second-order valence-corrected chi connectivity index (χ2v) is 10.4. The lowest BCUT2D eigenvalue weighted by molar-refractivity contribution is -0.113. The molecule has 0 aliphatic heterocycles. The number of methoxy groups -OCH3 is 1. The van der Waals surface area contributed by atoms with Gasteiger partial charge < -0.3 is 19.9 Å². The van der Waals surface area contributed by atoms with E-state index in [1.54, 1.807) is 43.1 Å². The number of hydrogen-bond donors (Lipinski definition) is 2. The molecule has 0 fully saturated rings. The van der Waals surface area contributed by atoms with E-state index in [9.17, 15) is 9.59 Å². The van der Waals surface area contributed by atoms with Gasteiger partial charge in [-0.05, 0) is 72.5 Å². The highest BCUT2D eigenvalue weighted by Crippen LogP contribution is 2.25. The van der Waals surface area contributed by atoms with Crippen molar-refractivity contribution in [2.24, 2.45) is 0 Å². The summed E-state index contributed by atoms with van der Waals surface area (Å²) in [5, 5.41) is 17.7. The Morgan fingerprint density at radius 2 is 1.79 bits per heavy atom. The lowest BCUT2D eigenvalue weighted by atomic mass is 10.1. The van der Waals surface area contributed by atoms with Crippen LogP contribution in [0, 0.1) is 0 Å². The van der Waals surface area contributed by atoms with Crippen LogP contribution in [0.5, 0.6) is 5.75 Å². The van der Waals surface area contributed by atoms with E-state index in [0.717, 1.165) is 22.2 Å². The molecule has 0 spiro atoms. The molecule has 38 heavy (non-hydrogen) atoms. The van der Waals surface area contributed by atoms with Crippen LogP contribution in [0.15, 0.2) is 71.9 Å². The number of rotatable bonds is 12. The molecule has 4 aromatic rings. The van der Waals surface area contributed by atoms with E-state index in [1.807, 2.05) is 60.2 Å². The number of carbonyl (C=O) groups is 2. The highest BCUT2D eigenvalue weighted by atomic mass is 32.2. The molecule has 1 aromatic heterocycles. The lowest BCUT2D eigenvalue weighted by Crippen LogP contribution is -2.31. The summed E-state index contributed by atoms with van der Waals surface area (Å²) in [6.07, 6.45) is 2.73. The molecule has 0 unspecified atom stereocenters. The van der Waals surface area contributed by atoms with Crippen molar-refractivity contribution in [1.82, 2.24) is 20.1 Å². The minimum Gasteiger partial charge on any atom is -0.497 e. The first kappa shape index (κ1) is 27.5. The second kappa shape index (κ2) is 13.3. The first-order valence-corrected chi connectivity index (χ1v) is 14.7. The Morgan fingerprint density at radius 3 is 2.50 bits per heavy atom. The quantitative estimate of drug-likeness (QED) is 0.228. The molecule has 4 rings (SSSR count). The van der Waals surface area contributed by atoms with Gasteiger partial charge in [0.15, 0.2) is 11.0 Å². The zero-order valence-electron chi connectivity index (χ0n) is 21.6. The van der Waals surface area contributed by atoms with E-state index in [2.05, 4.69) is 20.8 Å². The van der Waals surface area contributed by atoms with Gasteiger partial charge in [0.05, 0.1) is 18.9 Å². The number of aromatic nitrogens is 3. The molecular weight excluding hydrogens is 518 g/mol. The van der Waals surface area contributed by atoms with Crippen molar-refractivity contribution in [2.45, 2.75) is 31.1 Å². The fourth-order valence-electron chi connectivity index (χ4n) is 4.04. The third-order valence-corrected chi connectivity index (χ3v) is 7.62. The average Bonchev–Trinajstić information content (AvgIpc) is 3.36. The topological polar surface area (TPSA) is 98.1 Å². The van der Waals surface area contributed by atoms with Crippen LogP contribution < -0.4 is 15.4 Å². The maximum absolute atomic E-state index is 13.0. The monoisotopic (exact) mass is 549 g/mol. The molecule has 3 aromatic carbocycles. The number of amides is 2. The fraction of sp³-hybridized carbons (Fsp3) is 0.286. The highest BCUT2D eigenvalue weighted by molar-refractivity contribution is 7.99. The molecule has 0 aliphatic carbocycles. The Balaban J connectivity index is 1.43. The summed E-state index contributed by atoms with van der Waals surface area (Å²) >= 11 is 3.03. The van der Waals surface area contributed by atoms with E-state index in [4.69, 9.17) is 4.74 Å². The predicted octanol–water partition coefficient (Wildman–Crippen LogP) is 5.41. The van der Waals surface area contributed by atoms with Crippen molar-refractivity contribution in [3.63, 3.8) is 0 Å². The fourth-order valence-corrected chi connectivity index (χ4v) is 5.32. The van der Waals surface area contributed by atoms with Gasteiger partial charge in [0.2, 0.25) is 5.91 Å². The van der Waals surface area contributed by atoms with Gasteiger partial charge in [0, 0.05) is 17.8 Å².